The fraction of sp³-hybridized carbons (Fsp3) is 0.300. The van der Waals surface area contributed by atoms with Crippen LogP contribution >= 0.6 is 12.2 Å². The molecule has 1 unspecified atom stereocenters. The number of anilines is 2. The van der Waals surface area contributed by atoms with E-state index in [0.717, 1.165) is 22.5 Å². The molecule has 1 N–H and O–H groups in total. The number of likely N-dealkylation sites (N-methyl/N-ethyl adjacent to an activating group) is 1. The van der Waals surface area contributed by atoms with Gasteiger partial charge < -0.3 is 19.9 Å². The Morgan fingerprint density at radius 2 is 1.96 bits per heavy atom. The molecule has 1 aliphatic heterocycles. The Hall–Kier alpha value is -2.60. The highest BCUT2D eigenvalue weighted by Gasteiger charge is 2.33. The lowest BCUT2D eigenvalue weighted by molar-refractivity contribution is -0.135. The molecular formula is C20H23N3O2S. The number of carbonyl (C=O) groups is 1. The van der Waals surface area contributed by atoms with Crippen LogP contribution in [-0.2, 0) is 4.79 Å². The number of carbonyl (C=O) groups excluding carboxylic acids is 1. The molecule has 0 bridgehead atoms. The van der Waals surface area contributed by atoms with E-state index >= 15 is 0 Å². The molecular weight excluding hydrogens is 346 g/mol. The van der Waals surface area contributed by atoms with E-state index in [2.05, 4.69) is 23.5 Å². The van der Waals surface area contributed by atoms with Crippen molar-refractivity contribution < 1.29 is 9.53 Å². The maximum Gasteiger partial charge on any atom is 0.265 e. The van der Waals surface area contributed by atoms with Crippen molar-refractivity contribution in [1.29, 1.82) is 0 Å². The minimum absolute atomic E-state index is 0.0842. The number of aryl methyl sites for hydroxylation is 2. The first-order valence-electron chi connectivity index (χ1n) is 8.49. The number of rotatable bonds is 2. The predicted molar refractivity (Wildman–Crippen MR) is 109 cm³/mol. The van der Waals surface area contributed by atoms with Gasteiger partial charge in [-0.15, -0.1) is 0 Å². The Morgan fingerprint density at radius 3 is 2.69 bits per heavy atom. The van der Waals surface area contributed by atoms with Gasteiger partial charge in [0.15, 0.2) is 11.2 Å². The first kappa shape index (κ1) is 18.2. The zero-order valence-electron chi connectivity index (χ0n) is 15.4. The van der Waals surface area contributed by atoms with E-state index in [1.54, 1.807) is 14.1 Å². The van der Waals surface area contributed by atoms with Crippen LogP contribution in [0.3, 0.4) is 0 Å². The summed E-state index contributed by atoms with van der Waals surface area (Å²) < 4.78 is 5.91. The Labute approximate surface area is 159 Å². The second-order valence-electron chi connectivity index (χ2n) is 6.67. The lowest BCUT2D eigenvalue weighted by Crippen LogP contribution is -2.51. The summed E-state index contributed by atoms with van der Waals surface area (Å²) in [5.74, 6) is 0.572. The van der Waals surface area contributed by atoms with Crippen molar-refractivity contribution in [2.75, 3.05) is 30.9 Å². The number of fused-ring (bicyclic) bond motifs is 1. The minimum atomic E-state index is -0.599. The molecule has 1 atom stereocenters. The third-order valence-electron chi connectivity index (χ3n) is 4.37. The summed E-state index contributed by atoms with van der Waals surface area (Å²) >= 11 is 5.67. The Morgan fingerprint density at radius 1 is 1.23 bits per heavy atom. The van der Waals surface area contributed by atoms with Gasteiger partial charge in [0.25, 0.3) is 5.91 Å². The molecule has 26 heavy (non-hydrogen) atoms. The van der Waals surface area contributed by atoms with E-state index in [1.807, 2.05) is 43.0 Å². The molecule has 0 fully saturated rings. The molecule has 136 valence electrons. The zero-order valence-corrected chi connectivity index (χ0v) is 16.3. The number of nitrogens with one attached hydrogen (secondary N) is 1. The van der Waals surface area contributed by atoms with E-state index in [-0.39, 0.29) is 5.91 Å². The van der Waals surface area contributed by atoms with Crippen molar-refractivity contribution in [1.82, 2.24) is 4.90 Å². The van der Waals surface area contributed by atoms with Crippen LogP contribution in [0.5, 0.6) is 5.75 Å². The van der Waals surface area contributed by atoms with Crippen LogP contribution in [0.2, 0.25) is 0 Å². The van der Waals surface area contributed by atoms with Crippen molar-refractivity contribution in [2.24, 2.45) is 0 Å². The molecule has 0 saturated heterocycles. The lowest BCUT2D eigenvalue weighted by Gasteiger charge is -2.36. The summed E-state index contributed by atoms with van der Waals surface area (Å²) in [6.45, 7) is 4.45. The Bertz CT molecular complexity index is 851. The van der Waals surface area contributed by atoms with Crippen molar-refractivity contribution in [3.8, 4) is 5.75 Å². The number of ether oxygens (including phenoxy) is 1. The highest BCUT2D eigenvalue weighted by molar-refractivity contribution is 7.80. The zero-order chi connectivity index (χ0) is 18.8. The van der Waals surface area contributed by atoms with Crippen LogP contribution in [0.25, 0.3) is 0 Å². The molecule has 1 aliphatic rings. The van der Waals surface area contributed by atoms with Crippen LogP contribution < -0.4 is 15.0 Å². The Balaban J connectivity index is 1.90. The van der Waals surface area contributed by atoms with Crippen molar-refractivity contribution in [3.63, 3.8) is 0 Å². The van der Waals surface area contributed by atoms with E-state index in [4.69, 9.17) is 17.0 Å². The highest BCUT2D eigenvalue weighted by atomic mass is 32.1. The van der Waals surface area contributed by atoms with Gasteiger partial charge in [0, 0.05) is 19.8 Å². The number of nitrogens with zero attached hydrogens (tertiary/aromatic N) is 2. The molecule has 2 aromatic rings. The molecule has 0 spiro atoms. The smallest absolute Gasteiger partial charge is 0.265 e. The van der Waals surface area contributed by atoms with Gasteiger partial charge in [-0.2, -0.15) is 0 Å². The number of para-hydroxylation sites is 2. The van der Waals surface area contributed by atoms with Crippen molar-refractivity contribution >= 4 is 34.6 Å². The first-order valence-corrected chi connectivity index (χ1v) is 8.90. The molecule has 6 heteroatoms. The van der Waals surface area contributed by atoms with Gasteiger partial charge in [0.2, 0.25) is 0 Å². The number of thiocarbonyl (C=S) groups is 1. The molecule has 3 rings (SSSR count). The normalized spacial score (nSPS) is 15.7. The van der Waals surface area contributed by atoms with Gasteiger partial charge in [0.1, 0.15) is 5.75 Å². The predicted octanol–water partition coefficient (Wildman–Crippen LogP) is 3.36. The minimum Gasteiger partial charge on any atom is -0.476 e. The Kier molecular flexibility index (Phi) is 5.13. The van der Waals surface area contributed by atoms with E-state index in [0.29, 0.717) is 17.4 Å². The number of benzene rings is 2. The van der Waals surface area contributed by atoms with Gasteiger partial charge in [-0.25, -0.2) is 0 Å². The number of hydrogen-bond donors (Lipinski definition) is 1. The summed E-state index contributed by atoms with van der Waals surface area (Å²) in [4.78, 5) is 15.9. The second kappa shape index (κ2) is 7.33. The van der Waals surface area contributed by atoms with Crippen LogP contribution in [0.4, 0.5) is 11.4 Å². The fourth-order valence-electron chi connectivity index (χ4n) is 2.90. The molecule has 1 heterocycles. The molecule has 5 nitrogen and oxygen atoms in total. The maximum absolute atomic E-state index is 12.4. The molecule has 0 aliphatic carbocycles. The first-order chi connectivity index (χ1) is 12.4. The summed E-state index contributed by atoms with van der Waals surface area (Å²) in [6, 6.07) is 13.8. The van der Waals surface area contributed by atoms with E-state index in [1.165, 1.54) is 4.90 Å². The van der Waals surface area contributed by atoms with Gasteiger partial charge in [0.05, 0.1) is 12.2 Å². The second-order valence-corrected chi connectivity index (χ2v) is 7.05. The summed E-state index contributed by atoms with van der Waals surface area (Å²) in [5.41, 5.74) is 4.09. The van der Waals surface area contributed by atoms with Crippen molar-refractivity contribution in [2.45, 2.75) is 20.0 Å². The van der Waals surface area contributed by atoms with Crippen LogP contribution in [0, 0.1) is 13.8 Å². The summed E-state index contributed by atoms with van der Waals surface area (Å²) in [7, 11) is 3.45. The average molecular weight is 369 g/mol. The van der Waals surface area contributed by atoms with E-state index in [9.17, 15) is 4.79 Å². The third-order valence-corrected chi connectivity index (χ3v) is 4.69. The SMILES string of the molecule is Cc1ccc(C)c(NC(=S)N2CC(C(=O)N(C)C)Oc3ccccc32)c1. The summed E-state index contributed by atoms with van der Waals surface area (Å²) in [6.07, 6.45) is -0.599. The third kappa shape index (κ3) is 3.65. The molecule has 1 amide bonds. The average Bonchev–Trinajstić information content (AvgIpc) is 2.63. The number of amides is 1. The molecule has 0 aromatic heterocycles. The van der Waals surface area contributed by atoms with Gasteiger partial charge in [-0.3, -0.25) is 4.79 Å². The largest absolute Gasteiger partial charge is 0.476 e. The monoisotopic (exact) mass is 369 g/mol. The van der Waals surface area contributed by atoms with Crippen LogP contribution in [-0.4, -0.2) is 42.7 Å². The van der Waals surface area contributed by atoms with Gasteiger partial charge >= 0.3 is 0 Å². The summed E-state index contributed by atoms with van der Waals surface area (Å²) in [5, 5.41) is 3.87. The molecule has 2 aromatic carbocycles. The topological polar surface area (TPSA) is 44.8 Å². The molecule has 0 radical (unpaired) electrons. The quantitative estimate of drug-likeness (QED) is 0.823. The highest BCUT2D eigenvalue weighted by Crippen LogP contribution is 2.34. The van der Waals surface area contributed by atoms with Crippen LogP contribution in [0.15, 0.2) is 42.5 Å². The van der Waals surface area contributed by atoms with Gasteiger partial charge in [-0.05, 0) is 55.4 Å². The molecule has 0 saturated carbocycles. The van der Waals surface area contributed by atoms with E-state index < -0.39 is 6.10 Å². The van der Waals surface area contributed by atoms with Crippen molar-refractivity contribution in [3.05, 3.63) is 53.6 Å². The van der Waals surface area contributed by atoms with Crippen LogP contribution in [0.1, 0.15) is 11.1 Å². The van der Waals surface area contributed by atoms with Gasteiger partial charge in [-0.1, -0.05) is 24.3 Å². The number of hydrogen-bond acceptors (Lipinski definition) is 3. The lowest BCUT2D eigenvalue weighted by atomic mass is 10.1. The maximum atomic E-state index is 12.4. The standard InChI is InChI=1S/C20H23N3O2S/c1-13-9-10-14(2)15(11-13)21-20(26)23-12-18(19(24)22(3)4)25-17-8-6-5-7-16(17)23/h5-11,18H,12H2,1-4H3,(H,21,26). The fourth-order valence-corrected chi connectivity index (χ4v) is 3.18.